The molecule has 162 valence electrons. The number of nitrogens with one attached hydrogen (secondary N) is 1. The molecule has 31 heavy (non-hydrogen) atoms. The number of amides is 1. The van der Waals surface area contributed by atoms with Gasteiger partial charge < -0.3 is 14.8 Å². The van der Waals surface area contributed by atoms with Crippen LogP contribution >= 0.6 is 0 Å². The molecule has 1 amide bonds. The van der Waals surface area contributed by atoms with Crippen molar-refractivity contribution in [1.82, 2.24) is 0 Å². The van der Waals surface area contributed by atoms with Crippen molar-refractivity contribution < 1.29 is 22.7 Å². The third-order valence-electron chi connectivity index (χ3n) is 4.60. The number of hydrogen-bond acceptors (Lipinski definition) is 5. The molecule has 0 saturated heterocycles. The summed E-state index contributed by atoms with van der Waals surface area (Å²) in [5.41, 5.74) is 1.65. The third kappa shape index (κ3) is 4.97. The summed E-state index contributed by atoms with van der Waals surface area (Å²) in [5, 5.41) is 2.75. The number of methoxy groups -OCH3 is 2. The van der Waals surface area contributed by atoms with E-state index < -0.39 is 22.5 Å². The van der Waals surface area contributed by atoms with Gasteiger partial charge in [0.15, 0.2) is 0 Å². The van der Waals surface area contributed by atoms with Crippen LogP contribution in [0.1, 0.15) is 5.56 Å². The van der Waals surface area contributed by atoms with E-state index >= 15 is 0 Å². The Hall–Kier alpha value is -3.52. The number of carbonyl (C=O) groups excluding carboxylic acids is 1. The van der Waals surface area contributed by atoms with Gasteiger partial charge in [-0.1, -0.05) is 36.4 Å². The highest BCUT2D eigenvalue weighted by atomic mass is 32.2. The van der Waals surface area contributed by atoms with Crippen LogP contribution in [0.25, 0.3) is 0 Å². The summed E-state index contributed by atoms with van der Waals surface area (Å²) in [6.45, 7) is 1.44. The Morgan fingerprint density at radius 3 is 2.23 bits per heavy atom. The average Bonchev–Trinajstić information content (AvgIpc) is 2.78. The summed E-state index contributed by atoms with van der Waals surface area (Å²) in [4.78, 5) is 13.0. The molecule has 0 unspecified atom stereocenters. The molecule has 0 aliphatic carbocycles. The van der Waals surface area contributed by atoms with Gasteiger partial charge in [-0.3, -0.25) is 9.10 Å². The fourth-order valence-corrected chi connectivity index (χ4v) is 4.55. The third-order valence-corrected chi connectivity index (χ3v) is 6.38. The van der Waals surface area contributed by atoms with Gasteiger partial charge in [-0.25, -0.2) is 8.42 Å². The minimum absolute atomic E-state index is 0.0712. The Kier molecular flexibility index (Phi) is 6.81. The monoisotopic (exact) mass is 440 g/mol. The van der Waals surface area contributed by atoms with Gasteiger partial charge in [0.2, 0.25) is 5.91 Å². The number of hydrogen-bond donors (Lipinski definition) is 1. The van der Waals surface area contributed by atoms with Gasteiger partial charge in [0.1, 0.15) is 18.0 Å². The van der Waals surface area contributed by atoms with Crippen molar-refractivity contribution in [2.45, 2.75) is 11.8 Å². The summed E-state index contributed by atoms with van der Waals surface area (Å²) in [6.07, 6.45) is 0. The van der Waals surface area contributed by atoms with Crippen LogP contribution in [0.2, 0.25) is 0 Å². The van der Waals surface area contributed by atoms with E-state index in [9.17, 15) is 13.2 Å². The molecule has 0 aliphatic heterocycles. The molecule has 0 bridgehead atoms. The van der Waals surface area contributed by atoms with Gasteiger partial charge in [-0.2, -0.15) is 0 Å². The SMILES string of the molecule is COc1ccc(C)cc1NC(=O)CN(c1ccccc1OC)S(=O)(=O)c1ccccc1. The van der Waals surface area contributed by atoms with Gasteiger partial charge in [-0.15, -0.1) is 0 Å². The van der Waals surface area contributed by atoms with Crippen LogP contribution in [0.3, 0.4) is 0 Å². The number of para-hydroxylation sites is 2. The van der Waals surface area contributed by atoms with Crippen LogP contribution in [-0.4, -0.2) is 35.1 Å². The predicted octanol–water partition coefficient (Wildman–Crippen LogP) is 3.85. The lowest BCUT2D eigenvalue weighted by Crippen LogP contribution is -2.38. The van der Waals surface area contributed by atoms with Crippen molar-refractivity contribution in [3.8, 4) is 11.5 Å². The smallest absolute Gasteiger partial charge is 0.264 e. The molecule has 3 aromatic rings. The van der Waals surface area contributed by atoms with Crippen molar-refractivity contribution in [3.05, 3.63) is 78.4 Å². The molecule has 0 saturated carbocycles. The molecule has 3 aromatic carbocycles. The standard InChI is InChI=1S/C23H24N2O5S/c1-17-13-14-21(29-2)19(15-17)24-23(26)16-25(20-11-7-8-12-22(20)30-3)31(27,28)18-9-5-4-6-10-18/h4-15H,16H2,1-3H3,(H,24,26). The zero-order chi connectivity index (χ0) is 22.4. The molecule has 3 rings (SSSR count). The molecular formula is C23H24N2O5S. The van der Waals surface area contributed by atoms with E-state index in [0.29, 0.717) is 17.2 Å². The molecule has 0 radical (unpaired) electrons. The second-order valence-corrected chi connectivity index (χ2v) is 8.61. The van der Waals surface area contributed by atoms with Crippen molar-refractivity contribution >= 4 is 27.3 Å². The summed E-state index contributed by atoms with van der Waals surface area (Å²) in [6, 6.07) is 20.0. The van der Waals surface area contributed by atoms with Gasteiger partial charge >= 0.3 is 0 Å². The molecule has 7 nitrogen and oxygen atoms in total. The van der Waals surface area contributed by atoms with Crippen molar-refractivity contribution in [1.29, 1.82) is 0 Å². The minimum atomic E-state index is -4.04. The first-order chi connectivity index (χ1) is 14.9. The van der Waals surface area contributed by atoms with E-state index in [4.69, 9.17) is 9.47 Å². The highest BCUT2D eigenvalue weighted by Crippen LogP contribution is 2.32. The van der Waals surface area contributed by atoms with E-state index in [1.165, 1.54) is 26.4 Å². The Morgan fingerprint density at radius 2 is 1.55 bits per heavy atom. The van der Waals surface area contributed by atoms with Gasteiger partial charge in [-0.05, 0) is 48.9 Å². The summed E-state index contributed by atoms with van der Waals surface area (Å²) >= 11 is 0. The maximum Gasteiger partial charge on any atom is 0.264 e. The molecule has 8 heteroatoms. The molecule has 0 aromatic heterocycles. The maximum atomic E-state index is 13.4. The van der Waals surface area contributed by atoms with Gasteiger partial charge in [0.25, 0.3) is 10.0 Å². The Bertz CT molecular complexity index is 1160. The maximum absolute atomic E-state index is 13.4. The highest BCUT2D eigenvalue weighted by molar-refractivity contribution is 7.92. The first-order valence-electron chi connectivity index (χ1n) is 9.52. The average molecular weight is 441 g/mol. The lowest BCUT2D eigenvalue weighted by molar-refractivity contribution is -0.114. The van der Waals surface area contributed by atoms with Crippen molar-refractivity contribution in [2.24, 2.45) is 0 Å². The molecular weight excluding hydrogens is 416 g/mol. The van der Waals surface area contributed by atoms with Gasteiger partial charge in [0.05, 0.1) is 30.5 Å². The quantitative estimate of drug-likeness (QED) is 0.575. The first-order valence-corrected chi connectivity index (χ1v) is 11.0. The zero-order valence-corrected chi connectivity index (χ0v) is 18.3. The van der Waals surface area contributed by atoms with E-state index in [2.05, 4.69) is 5.32 Å². The highest BCUT2D eigenvalue weighted by Gasteiger charge is 2.29. The molecule has 0 atom stereocenters. The Morgan fingerprint density at radius 1 is 0.903 bits per heavy atom. The topological polar surface area (TPSA) is 84.9 Å². The summed E-state index contributed by atoms with van der Waals surface area (Å²) < 4.78 is 38.6. The minimum Gasteiger partial charge on any atom is -0.495 e. The van der Waals surface area contributed by atoms with Crippen LogP contribution in [0.5, 0.6) is 11.5 Å². The fourth-order valence-electron chi connectivity index (χ4n) is 3.09. The number of nitrogens with zero attached hydrogens (tertiary/aromatic N) is 1. The van der Waals surface area contributed by atoms with E-state index in [0.717, 1.165) is 9.87 Å². The second-order valence-electron chi connectivity index (χ2n) is 6.75. The fraction of sp³-hybridized carbons (Fsp3) is 0.174. The van der Waals surface area contributed by atoms with Crippen LogP contribution < -0.4 is 19.1 Å². The number of ether oxygens (including phenoxy) is 2. The molecule has 0 aliphatic rings. The van der Waals surface area contributed by atoms with Crippen molar-refractivity contribution in [2.75, 3.05) is 30.4 Å². The number of benzene rings is 3. The molecule has 0 fully saturated rings. The number of sulfonamides is 1. The van der Waals surface area contributed by atoms with Gasteiger partial charge in [0, 0.05) is 0 Å². The normalized spacial score (nSPS) is 10.9. The van der Waals surface area contributed by atoms with Crippen molar-refractivity contribution in [3.63, 3.8) is 0 Å². The summed E-state index contributed by atoms with van der Waals surface area (Å²) in [5.74, 6) is 0.297. The van der Waals surface area contributed by atoms with Crippen LogP contribution in [0.4, 0.5) is 11.4 Å². The second kappa shape index (κ2) is 9.53. The van der Waals surface area contributed by atoms with E-state index in [1.54, 1.807) is 54.6 Å². The molecule has 0 heterocycles. The molecule has 0 spiro atoms. The Labute approximate surface area is 182 Å². The molecule has 1 N–H and O–H groups in total. The number of aryl methyl sites for hydroxylation is 1. The lowest BCUT2D eigenvalue weighted by atomic mass is 10.2. The van der Waals surface area contributed by atoms with Crippen LogP contribution in [0.15, 0.2) is 77.7 Å². The van der Waals surface area contributed by atoms with Crippen LogP contribution in [0, 0.1) is 6.92 Å². The van der Waals surface area contributed by atoms with E-state index in [-0.39, 0.29) is 10.6 Å². The van der Waals surface area contributed by atoms with Crippen LogP contribution in [-0.2, 0) is 14.8 Å². The number of carbonyl (C=O) groups is 1. The number of anilines is 2. The zero-order valence-electron chi connectivity index (χ0n) is 17.5. The Balaban J connectivity index is 2.00. The number of rotatable bonds is 8. The lowest BCUT2D eigenvalue weighted by Gasteiger charge is -2.25. The van der Waals surface area contributed by atoms with E-state index in [1.807, 2.05) is 13.0 Å². The first kappa shape index (κ1) is 22.2. The largest absolute Gasteiger partial charge is 0.495 e. The predicted molar refractivity (Wildman–Crippen MR) is 120 cm³/mol. The summed E-state index contributed by atoms with van der Waals surface area (Å²) in [7, 11) is -1.09.